The predicted molar refractivity (Wildman–Crippen MR) is 88.9 cm³/mol. The van der Waals surface area contributed by atoms with Gasteiger partial charge in [0.15, 0.2) is 11.5 Å². The maximum absolute atomic E-state index is 6.03. The Hall–Kier alpha value is -1.85. The molecule has 3 N–H and O–H groups in total. The summed E-state index contributed by atoms with van der Waals surface area (Å²) in [7, 11) is 0. The Labute approximate surface area is 131 Å². The van der Waals surface area contributed by atoms with Crippen LogP contribution in [0.5, 0.6) is 0 Å². The number of hydrogen-bond donors (Lipinski definition) is 2. The molecule has 2 heterocycles. The first kappa shape index (κ1) is 15.1. The number of nitrogens with one attached hydrogen (secondary N) is 1. The molecule has 0 aromatic carbocycles. The van der Waals surface area contributed by atoms with Crippen LogP contribution in [0, 0.1) is 5.92 Å². The average molecular weight is 302 g/mol. The molecule has 0 spiro atoms. The number of nitrogens with two attached hydrogens (primary N) is 1. The highest BCUT2D eigenvalue weighted by atomic mass is 15.3. The lowest BCUT2D eigenvalue weighted by Crippen LogP contribution is -2.14. The van der Waals surface area contributed by atoms with Gasteiger partial charge in [0.2, 0.25) is 5.95 Å². The molecule has 0 amide bonds. The molecular formula is C16H26N6. The van der Waals surface area contributed by atoms with Gasteiger partial charge in [0.25, 0.3) is 0 Å². The molecule has 0 atom stereocenters. The summed E-state index contributed by atoms with van der Waals surface area (Å²) < 4.78 is 1.88. The third-order valence-electron chi connectivity index (χ3n) is 4.49. The van der Waals surface area contributed by atoms with E-state index in [2.05, 4.69) is 27.3 Å². The van der Waals surface area contributed by atoms with Crippen LogP contribution >= 0.6 is 0 Å². The number of imidazole rings is 1. The van der Waals surface area contributed by atoms with Crippen molar-refractivity contribution in [3.8, 4) is 0 Å². The summed E-state index contributed by atoms with van der Waals surface area (Å²) in [6.45, 7) is 3.03. The van der Waals surface area contributed by atoms with Crippen LogP contribution in [0.1, 0.15) is 57.6 Å². The molecule has 1 aliphatic rings. The number of aromatic nitrogens is 4. The number of rotatable bonds is 6. The molecule has 2 aromatic rings. The molecule has 1 fully saturated rings. The molecule has 6 nitrogen and oxygen atoms in total. The van der Waals surface area contributed by atoms with Gasteiger partial charge in [0.05, 0.1) is 11.9 Å². The van der Waals surface area contributed by atoms with Gasteiger partial charge < -0.3 is 11.1 Å². The van der Waals surface area contributed by atoms with Crippen LogP contribution in [0.2, 0.25) is 0 Å². The number of fused-ring (bicyclic) bond motifs is 1. The van der Waals surface area contributed by atoms with Crippen molar-refractivity contribution >= 4 is 17.4 Å². The van der Waals surface area contributed by atoms with Crippen LogP contribution in [-0.4, -0.2) is 26.1 Å². The van der Waals surface area contributed by atoms with E-state index >= 15 is 0 Å². The summed E-state index contributed by atoms with van der Waals surface area (Å²) in [5, 5.41) is 7.83. The van der Waals surface area contributed by atoms with Crippen molar-refractivity contribution in [2.24, 2.45) is 5.92 Å². The van der Waals surface area contributed by atoms with Crippen LogP contribution in [0.15, 0.2) is 6.20 Å². The molecule has 1 aliphatic carbocycles. The molecule has 22 heavy (non-hydrogen) atoms. The molecule has 0 radical (unpaired) electrons. The standard InChI is InChI=1S/C16H26N6/c1-2-3-9-18-16-20-14(17)15-19-11-13(22(15)21-16)10-12-7-5-4-6-8-12/h11-12H,2-10H2,1H3,(H3,17,18,20,21). The number of nitrogens with zero attached hydrogens (tertiary/aromatic N) is 4. The van der Waals surface area contributed by atoms with Gasteiger partial charge >= 0.3 is 0 Å². The zero-order valence-electron chi connectivity index (χ0n) is 13.4. The Morgan fingerprint density at radius 1 is 1.32 bits per heavy atom. The van der Waals surface area contributed by atoms with Crippen molar-refractivity contribution in [2.45, 2.75) is 58.3 Å². The van der Waals surface area contributed by atoms with Crippen LogP contribution in [0.4, 0.5) is 11.8 Å². The summed E-state index contributed by atoms with van der Waals surface area (Å²) >= 11 is 0. The first-order chi connectivity index (χ1) is 10.8. The Bertz CT molecular complexity index is 614. The summed E-state index contributed by atoms with van der Waals surface area (Å²) in [6, 6.07) is 0. The molecular weight excluding hydrogens is 276 g/mol. The average Bonchev–Trinajstić information content (AvgIpc) is 2.92. The fraction of sp³-hybridized carbons (Fsp3) is 0.688. The van der Waals surface area contributed by atoms with Gasteiger partial charge in [0.1, 0.15) is 0 Å². The Balaban J connectivity index is 1.80. The van der Waals surface area contributed by atoms with Crippen molar-refractivity contribution in [1.29, 1.82) is 0 Å². The predicted octanol–water partition coefficient (Wildman–Crippen LogP) is 3.04. The van der Waals surface area contributed by atoms with Crippen LogP contribution in [0.3, 0.4) is 0 Å². The van der Waals surface area contributed by atoms with E-state index in [1.54, 1.807) is 0 Å². The minimum Gasteiger partial charge on any atom is -0.380 e. The van der Waals surface area contributed by atoms with Crippen molar-refractivity contribution < 1.29 is 0 Å². The first-order valence-electron chi connectivity index (χ1n) is 8.52. The van der Waals surface area contributed by atoms with Crippen molar-refractivity contribution in [3.05, 3.63) is 11.9 Å². The van der Waals surface area contributed by atoms with Gasteiger partial charge in [-0.25, -0.2) is 9.50 Å². The molecule has 2 aromatic heterocycles. The zero-order valence-corrected chi connectivity index (χ0v) is 13.4. The SMILES string of the molecule is CCCCNc1nc(N)c2ncc(CC3CCCCC3)n2n1. The zero-order chi connectivity index (χ0) is 15.4. The highest BCUT2D eigenvalue weighted by Gasteiger charge is 2.18. The van der Waals surface area contributed by atoms with Crippen molar-refractivity contribution in [2.75, 3.05) is 17.6 Å². The maximum Gasteiger partial charge on any atom is 0.243 e. The lowest BCUT2D eigenvalue weighted by molar-refractivity contribution is 0.353. The molecule has 0 unspecified atom stereocenters. The maximum atomic E-state index is 6.03. The van der Waals surface area contributed by atoms with E-state index in [1.807, 2.05) is 10.7 Å². The summed E-state index contributed by atoms with van der Waals surface area (Å²) in [6.07, 6.45) is 11.9. The quantitative estimate of drug-likeness (QED) is 0.802. The third kappa shape index (κ3) is 3.31. The van der Waals surface area contributed by atoms with Gasteiger partial charge in [-0.2, -0.15) is 4.98 Å². The number of unbranched alkanes of at least 4 members (excludes halogenated alkanes) is 1. The summed E-state index contributed by atoms with van der Waals surface area (Å²) in [5.74, 6) is 1.80. The van der Waals surface area contributed by atoms with Gasteiger partial charge in [-0.15, -0.1) is 5.10 Å². The third-order valence-corrected chi connectivity index (χ3v) is 4.49. The van der Waals surface area contributed by atoms with Gasteiger partial charge in [-0.05, 0) is 18.8 Å². The fourth-order valence-electron chi connectivity index (χ4n) is 3.23. The molecule has 1 saturated carbocycles. The molecule has 0 aliphatic heterocycles. The highest BCUT2D eigenvalue weighted by Crippen LogP contribution is 2.27. The second kappa shape index (κ2) is 6.94. The Morgan fingerprint density at radius 2 is 2.14 bits per heavy atom. The minimum absolute atomic E-state index is 0.448. The fourth-order valence-corrected chi connectivity index (χ4v) is 3.23. The van der Waals surface area contributed by atoms with E-state index in [1.165, 1.54) is 32.1 Å². The highest BCUT2D eigenvalue weighted by molar-refractivity contribution is 5.61. The van der Waals surface area contributed by atoms with E-state index in [0.29, 0.717) is 17.4 Å². The van der Waals surface area contributed by atoms with Crippen LogP contribution in [0.25, 0.3) is 5.65 Å². The first-order valence-corrected chi connectivity index (χ1v) is 8.52. The lowest BCUT2D eigenvalue weighted by atomic mass is 9.86. The number of hydrogen-bond acceptors (Lipinski definition) is 5. The van der Waals surface area contributed by atoms with E-state index in [-0.39, 0.29) is 0 Å². The second-order valence-corrected chi connectivity index (χ2v) is 6.29. The topological polar surface area (TPSA) is 81.1 Å². The largest absolute Gasteiger partial charge is 0.380 e. The normalized spacial score (nSPS) is 16.2. The van der Waals surface area contributed by atoms with Gasteiger partial charge in [-0.3, -0.25) is 0 Å². The summed E-state index contributed by atoms with van der Waals surface area (Å²) in [4.78, 5) is 8.71. The van der Waals surface area contributed by atoms with E-state index in [0.717, 1.165) is 37.4 Å². The van der Waals surface area contributed by atoms with E-state index in [9.17, 15) is 0 Å². The monoisotopic (exact) mass is 302 g/mol. The van der Waals surface area contributed by atoms with Gasteiger partial charge in [0, 0.05) is 6.54 Å². The number of anilines is 2. The molecule has 120 valence electrons. The summed E-state index contributed by atoms with van der Waals surface area (Å²) in [5.41, 5.74) is 7.85. The smallest absolute Gasteiger partial charge is 0.243 e. The van der Waals surface area contributed by atoms with Gasteiger partial charge in [-0.1, -0.05) is 45.4 Å². The van der Waals surface area contributed by atoms with Crippen molar-refractivity contribution in [1.82, 2.24) is 19.6 Å². The Kier molecular flexibility index (Phi) is 4.75. The molecule has 0 bridgehead atoms. The van der Waals surface area contributed by atoms with Crippen LogP contribution < -0.4 is 11.1 Å². The minimum atomic E-state index is 0.448. The second-order valence-electron chi connectivity index (χ2n) is 6.29. The molecule has 3 rings (SSSR count). The van der Waals surface area contributed by atoms with Crippen LogP contribution in [-0.2, 0) is 6.42 Å². The molecule has 6 heteroatoms. The van der Waals surface area contributed by atoms with E-state index in [4.69, 9.17) is 5.73 Å². The Morgan fingerprint density at radius 3 is 2.91 bits per heavy atom. The number of nitrogen functional groups attached to an aromatic ring is 1. The molecule has 0 saturated heterocycles. The van der Waals surface area contributed by atoms with Crippen molar-refractivity contribution in [3.63, 3.8) is 0 Å². The lowest BCUT2D eigenvalue weighted by Gasteiger charge is -2.20. The van der Waals surface area contributed by atoms with E-state index < -0.39 is 0 Å².